The van der Waals surface area contributed by atoms with E-state index in [1.54, 1.807) is 0 Å². The second-order valence-electron chi connectivity index (χ2n) is 6.01. The molecular weight excluding hydrogens is 210 g/mol. The van der Waals surface area contributed by atoms with Gasteiger partial charge in [-0.25, -0.2) is 0 Å². The van der Waals surface area contributed by atoms with E-state index in [0.29, 0.717) is 18.5 Å². The van der Waals surface area contributed by atoms with Crippen LogP contribution in [-0.4, -0.2) is 47.6 Å². The van der Waals surface area contributed by atoms with Gasteiger partial charge in [0.1, 0.15) is 0 Å². The summed E-state index contributed by atoms with van der Waals surface area (Å²) in [4.78, 5) is 4.95. The van der Waals surface area contributed by atoms with Crippen LogP contribution in [0.3, 0.4) is 0 Å². The molecule has 0 amide bonds. The number of rotatable bonds is 3. The molecule has 2 atom stereocenters. The van der Waals surface area contributed by atoms with Crippen LogP contribution in [0.1, 0.15) is 47.0 Å². The van der Waals surface area contributed by atoms with E-state index in [0.717, 1.165) is 19.5 Å². The van der Waals surface area contributed by atoms with Gasteiger partial charge in [0.25, 0.3) is 0 Å². The van der Waals surface area contributed by atoms with Crippen LogP contribution in [0, 0.1) is 11.3 Å². The van der Waals surface area contributed by atoms with Crippen LogP contribution in [0.2, 0.25) is 0 Å². The van der Waals surface area contributed by atoms with E-state index in [4.69, 9.17) is 5.26 Å². The fraction of sp³-hybridized carbons (Fsp3) is 0.929. The summed E-state index contributed by atoms with van der Waals surface area (Å²) in [5.74, 6) is 0. The van der Waals surface area contributed by atoms with Crippen LogP contribution in [0.4, 0.5) is 0 Å². The first kappa shape index (κ1) is 14.5. The van der Waals surface area contributed by atoms with E-state index in [2.05, 4.69) is 50.6 Å². The monoisotopic (exact) mass is 237 g/mol. The van der Waals surface area contributed by atoms with Gasteiger partial charge in [-0.1, -0.05) is 6.92 Å². The molecule has 0 N–H and O–H groups in total. The molecule has 2 unspecified atom stereocenters. The Labute approximate surface area is 106 Å². The first-order valence-corrected chi connectivity index (χ1v) is 6.76. The molecule has 1 saturated heterocycles. The van der Waals surface area contributed by atoms with Crippen molar-refractivity contribution < 1.29 is 0 Å². The third kappa shape index (κ3) is 3.43. The minimum Gasteiger partial charge on any atom is -0.305 e. The van der Waals surface area contributed by atoms with Crippen LogP contribution in [-0.2, 0) is 0 Å². The Bertz CT molecular complexity index is 280. The first-order chi connectivity index (χ1) is 7.92. The molecule has 0 aromatic rings. The van der Waals surface area contributed by atoms with Crippen LogP contribution in [0.15, 0.2) is 0 Å². The van der Waals surface area contributed by atoms with Gasteiger partial charge >= 0.3 is 0 Å². The predicted octanol–water partition coefficient (Wildman–Crippen LogP) is 2.48. The number of hydrogen-bond donors (Lipinski definition) is 0. The van der Waals surface area contributed by atoms with Crippen molar-refractivity contribution in [1.29, 1.82) is 5.26 Å². The third-order valence-electron chi connectivity index (χ3n) is 4.11. The highest BCUT2D eigenvalue weighted by Gasteiger charge is 2.38. The first-order valence-electron chi connectivity index (χ1n) is 6.76. The minimum atomic E-state index is 0.196. The summed E-state index contributed by atoms with van der Waals surface area (Å²) in [6.07, 6.45) is 2.96. The molecule has 17 heavy (non-hydrogen) atoms. The largest absolute Gasteiger partial charge is 0.305 e. The lowest BCUT2D eigenvalue weighted by Gasteiger charge is -2.45. The van der Waals surface area contributed by atoms with E-state index in [9.17, 15) is 0 Å². The molecular formula is C14H27N3. The number of hydrogen-bond acceptors (Lipinski definition) is 3. The maximum absolute atomic E-state index is 9.04. The number of nitrogens with zero attached hydrogens (tertiary/aromatic N) is 3. The molecule has 0 radical (unpaired) electrons. The lowest BCUT2D eigenvalue weighted by Crippen LogP contribution is -2.54. The van der Waals surface area contributed by atoms with Crippen molar-refractivity contribution in [3.8, 4) is 6.07 Å². The lowest BCUT2D eigenvalue weighted by molar-refractivity contribution is 0.0354. The zero-order chi connectivity index (χ0) is 13.1. The van der Waals surface area contributed by atoms with Gasteiger partial charge in [-0.3, -0.25) is 4.90 Å². The Morgan fingerprint density at radius 3 is 2.65 bits per heavy atom. The maximum atomic E-state index is 9.04. The molecule has 1 rings (SSSR count). The topological polar surface area (TPSA) is 30.3 Å². The predicted molar refractivity (Wildman–Crippen MR) is 71.8 cm³/mol. The maximum Gasteiger partial charge on any atom is 0.0638 e. The molecule has 0 spiro atoms. The minimum absolute atomic E-state index is 0.196. The number of nitriles is 1. The Kier molecular flexibility index (Phi) is 4.97. The average Bonchev–Trinajstić information content (AvgIpc) is 2.36. The fourth-order valence-electron chi connectivity index (χ4n) is 3.05. The highest BCUT2D eigenvalue weighted by atomic mass is 15.3. The van der Waals surface area contributed by atoms with Gasteiger partial charge in [0.2, 0.25) is 0 Å². The summed E-state index contributed by atoms with van der Waals surface area (Å²) in [5.41, 5.74) is 0.196. The quantitative estimate of drug-likeness (QED) is 0.755. The second kappa shape index (κ2) is 5.84. The summed E-state index contributed by atoms with van der Waals surface area (Å²) in [6.45, 7) is 11.3. The molecule has 3 heteroatoms. The fourth-order valence-corrected chi connectivity index (χ4v) is 3.05. The van der Waals surface area contributed by atoms with Gasteiger partial charge in [-0.2, -0.15) is 5.26 Å². The van der Waals surface area contributed by atoms with Gasteiger partial charge in [-0.15, -0.1) is 0 Å². The summed E-state index contributed by atoms with van der Waals surface area (Å²) < 4.78 is 0. The molecule has 98 valence electrons. The molecule has 1 aliphatic heterocycles. The summed E-state index contributed by atoms with van der Waals surface area (Å²) >= 11 is 0. The van der Waals surface area contributed by atoms with Crippen LogP contribution in [0.25, 0.3) is 0 Å². The van der Waals surface area contributed by atoms with Crippen molar-refractivity contribution in [2.45, 2.75) is 64.6 Å². The molecule has 0 bridgehead atoms. The summed E-state index contributed by atoms with van der Waals surface area (Å²) in [6, 6.07) is 3.29. The SMILES string of the molecule is CCC(C)N1C(CC#N)CN(C)CCC1(C)C. The molecule has 3 nitrogen and oxygen atoms in total. The molecule has 0 aliphatic carbocycles. The van der Waals surface area contributed by atoms with Crippen molar-refractivity contribution in [2.24, 2.45) is 0 Å². The molecule has 0 saturated carbocycles. The van der Waals surface area contributed by atoms with Gasteiger partial charge in [0.05, 0.1) is 12.5 Å². The van der Waals surface area contributed by atoms with E-state index in [1.165, 1.54) is 6.42 Å². The zero-order valence-corrected chi connectivity index (χ0v) is 12.0. The highest BCUT2D eigenvalue weighted by molar-refractivity contribution is 4.97. The van der Waals surface area contributed by atoms with Crippen LogP contribution < -0.4 is 0 Å². The second-order valence-corrected chi connectivity index (χ2v) is 6.01. The summed E-state index contributed by atoms with van der Waals surface area (Å²) in [7, 11) is 2.17. The lowest BCUT2D eigenvalue weighted by atomic mass is 9.93. The van der Waals surface area contributed by atoms with Crippen molar-refractivity contribution in [3.63, 3.8) is 0 Å². The molecule has 1 fully saturated rings. The van der Waals surface area contributed by atoms with Crippen LogP contribution in [0.5, 0.6) is 0 Å². The molecule has 1 aliphatic rings. The van der Waals surface area contributed by atoms with E-state index in [-0.39, 0.29) is 5.54 Å². The van der Waals surface area contributed by atoms with Crippen LogP contribution >= 0.6 is 0 Å². The Morgan fingerprint density at radius 2 is 2.12 bits per heavy atom. The van der Waals surface area contributed by atoms with Gasteiger partial charge in [-0.05, 0) is 47.2 Å². The van der Waals surface area contributed by atoms with E-state index in [1.807, 2.05) is 0 Å². The molecule has 0 aromatic carbocycles. The zero-order valence-electron chi connectivity index (χ0n) is 12.0. The van der Waals surface area contributed by atoms with Crippen molar-refractivity contribution in [2.75, 3.05) is 20.1 Å². The van der Waals surface area contributed by atoms with Gasteiger partial charge < -0.3 is 4.90 Å². The van der Waals surface area contributed by atoms with Crippen molar-refractivity contribution >= 4 is 0 Å². The molecule has 0 aromatic heterocycles. The number of likely N-dealkylation sites (N-methyl/N-ethyl adjacent to an activating group) is 1. The van der Waals surface area contributed by atoms with E-state index >= 15 is 0 Å². The Morgan fingerprint density at radius 1 is 1.47 bits per heavy atom. The van der Waals surface area contributed by atoms with Gasteiger partial charge in [0.15, 0.2) is 0 Å². The van der Waals surface area contributed by atoms with Crippen molar-refractivity contribution in [1.82, 2.24) is 9.80 Å². The van der Waals surface area contributed by atoms with E-state index < -0.39 is 0 Å². The Balaban J connectivity index is 2.98. The molecule has 1 heterocycles. The van der Waals surface area contributed by atoms with Crippen molar-refractivity contribution in [3.05, 3.63) is 0 Å². The van der Waals surface area contributed by atoms with Gasteiger partial charge in [0, 0.05) is 24.2 Å². The normalized spacial score (nSPS) is 28.4. The highest BCUT2D eigenvalue weighted by Crippen LogP contribution is 2.30. The smallest absolute Gasteiger partial charge is 0.0638 e. The summed E-state index contributed by atoms with van der Waals surface area (Å²) in [5, 5.41) is 9.04. The third-order valence-corrected chi connectivity index (χ3v) is 4.11. The Hall–Kier alpha value is -0.590. The average molecular weight is 237 g/mol. The standard InChI is InChI=1S/C14H27N3/c1-6-12(2)17-13(7-9-15)11-16(5)10-8-14(17,3)4/h12-13H,6-8,10-11H2,1-5H3.